The Morgan fingerprint density at radius 1 is 1.47 bits per heavy atom. The zero-order valence-electron chi connectivity index (χ0n) is 9.96. The molecule has 92 valence electrons. The van der Waals surface area contributed by atoms with Crippen molar-refractivity contribution in [1.82, 2.24) is 9.47 Å². The average Bonchev–Trinajstić information content (AvgIpc) is 2.82. The van der Waals surface area contributed by atoms with Gasteiger partial charge in [0.2, 0.25) is 5.43 Å². The molecular weight excluding hydrogens is 218 g/mol. The molecule has 1 aromatic heterocycles. The second kappa shape index (κ2) is 5.03. The van der Waals surface area contributed by atoms with Crippen LogP contribution in [0.5, 0.6) is 5.75 Å². The third-order valence-corrected chi connectivity index (χ3v) is 3.02. The lowest BCUT2D eigenvalue weighted by atomic mass is 10.3. The molecular formula is C12H17N3O2. The van der Waals surface area contributed by atoms with Gasteiger partial charge in [0.1, 0.15) is 0 Å². The van der Waals surface area contributed by atoms with E-state index in [4.69, 9.17) is 0 Å². The van der Waals surface area contributed by atoms with Crippen molar-refractivity contribution in [3.8, 4) is 5.75 Å². The number of aliphatic imine (C=N–C) groups is 1. The van der Waals surface area contributed by atoms with Gasteiger partial charge in [-0.05, 0) is 13.3 Å². The quantitative estimate of drug-likeness (QED) is 0.831. The van der Waals surface area contributed by atoms with Gasteiger partial charge in [-0.15, -0.1) is 0 Å². The topological polar surface area (TPSA) is 57.8 Å². The molecule has 1 aliphatic rings. The molecule has 5 nitrogen and oxygen atoms in total. The highest BCUT2D eigenvalue weighted by Gasteiger charge is 2.07. The van der Waals surface area contributed by atoms with E-state index in [0.717, 1.165) is 32.6 Å². The molecule has 0 aromatic carbocycles. The minimum Gasteiger partial charge on any atom is -0.503 e. The lowest BCUT2D eigenvalue weighted by molar-refractivity contribution is 0.423. The predicted molar refractivity (Wildman–Crippen MR) is 66.7 cm³/mol. The lowest BCUT2D eigenvalue weighted by Crippen LogP contribution is -2.22. The molecule has 0 atom stereocenters. The third-order valence-electron chi connectivity index (χ3n) is 3.02. The van der Waals surface area contributed by atoms with Crippen molar-refractivity contribution in [2.24, 2.45) is 4.99 Å². The van der Waals surface area contributed by atoms with E-state index in [1.165, 1.54) is 6.07 Å². The Balaban J connectivity index is 1.92. The fraction of sp³-hybridized carbons (Fsp3) is 0.500. The molecule has 0 fully saturated rings. The van der Waals surface area contributed by atoms with Crippen LogP contribution in [0, 0.1) is 6.92 Å². The Morgan fingerprint density at radius 3 is 3.00 bits per heavy atom. The van der Waals surface area contributed by atoms with Gasteiger partial charge in [-0.25, -0.2) is 0 Å². The van der Waals surface area contributed by atoms with Gasteiger partial charge < -0.3 is 14.6 Å². The molecule has 0 spiro atoms. The molecule has 17 heavy (non-hydrogen) atoms. The molecule has 2 heterocycles. The maximum Gasteiger partial charge on any atom is 0.223 e. The van der Waals surface area contributed by atoms with Gasteiger partial charge in [0.15, 0.2) is 5.75 Å². The summed E-state index contributed by atoms with van der Waals surface area (Å²) in [6.07, 6.45) is 4.58. The van der Waals surface area contributed by atoms with Crippen LogP contribution in [-0.4, -0.2) is 40.5 Å². The fourth-order valence-corrected chi connectivity index (χ4v) is 1.94. The summed E-state index contributed by atoms with van der Waals surface area (Å²) in [5.41, 5.74) is 0.318. The van der Waals surface area contributed by atoms with E-state index in [1.54, 1.807) is 13.1 Å². The summed E-state index contributed by atoms with van der Waals surface area (Å²) in [4.78, 5) is 17.5. The van der Waals surface area contributed by atoms with Crippen LogP contribution in [0.3, 0.4) is 0 Å². The Labute approximate surface area is 100 Å². The SMILES string of the molecule is Cc1c(O)c(=O)ccn1CCCN1C=NCC1. The molecule has 0 unspecified atom stereocenters. The third kappa shape index (κ3) is 2.67. The number of aromatic hydroxyl groups is 1. The van der Waals surface area contributed by atoms with Crippen LogP contribution in [0.1, 0.15) is 12.1 Å². The van der Waals surface area contributed by atoms with Crippen LogP contribution in [0.4, 0.5) is 0 Å². The summed E-state index contributed by atoms with van der Waals surface area (Å²) < 4.78 is 1.91. The Kier molecular flexibility index (Phi) is 3.46. The number of aryl methyl sites for hydroxylation is 1. The Morgan fingerprint density at radius 2 is 2.29 bits per heavy atom. The largest absolute Gasteiger partial charge is 0.503 e. The van der Waals surface area contributed by atoms with Crippen LogP contribution in [0.25, 0.3) is 0 Å². The van der Waals surface area contributed by atoms with Gasteiger partial charge in [0.05, 0.1) is 18.6 Å². The normalized spacial score (nSPS) is 14.5. The van der Waals surface area contributed by atoms with E-state index in [0.29, 0.717) is 5.69 Å². The molecule has 0 amide bonds. The molecule has 1 aromatic rings. The summed E-state index contributed by atoms with van der Waals surface area (Å²) >= 11 is 0. The summed E-state index contributed by atoms with van der Waals surface area (Å²) in [5.74, 6) is -0.143. The smallest absolute Gasteiger partial charge is 0.223 e. The van der Waals surface area contributed by atoms with E-state index in [1.807, 2.05) is 10.9 Å². The number of pyridine rings is 1. The van der Waals surface area contributed by atoms with E-state index in [9.17, 15) is 9.90 Å². The van der Waals surface area contributed by atoms with Crippen molar-refractivity contribution in [2.75, 3.05) is 19.6 Å². The number of nitrogens with zero attached hydrogens (tertiary/aromatic N) is 3. The highest BCUT2D eigenvalue weighted by molar-refractivity contribution is 5.56. The Bertz CT molecular complexity index is 479. The Hall–Kier alpha value is -1.78. The molecule has 2 rings (SSSR count). The minimum atomic E-state index is -0.314. The number of aromatic nitrogens is 1. The highest BCUT2D eigenvalue weighted by atomic mass is 16.3. The molecule has 0 aliphatic carbocycles. The van der Waals surface area contributed by atoms with Crippen LogP contribution >= 0.6 is 0 Å². The van der Waals surface area contributed by atoms with Gasteiger partial charge in [-0.3, -0.25) is 9.79 Å². The average molecular weight is 235 g/mol. The first-order valence-electron chi connectivity index (χ1n) is 5.81. The standard InChI is InChI=1S/C12H17N3O2/c1-10-12(17)11(16)3-7-15(10)6-2-5-14-8-4-13-9-14/h3,7,9,17H,2,4-6,8H2,1H3. The summed E-state index contributed by atoms with van der Waals surface area (Å²) in [7, 11) is 0. The van der Waals surface area contributed by atoms with Crippen molar-refractivity contribution < 1.29 is 5.11 Å². The first-order valence-corrected chi connectivity index (χ1v) is 5.81. The number of rotatable bonds is 4. The first-order chi connectivity index (χ1) is 8.18. The summed E-state index contributed by atoms with van der Waals surface area (Å²) in [5, 5.41) is 9.53. The fourth-order valence-electron chi connectivity index (χ4n) is 1.94. The van der Waals surface area contributed by atoms with Crippen molar-refractivity contribution in [2.45, 2.75) is 19.9 Å². The molecule has 1 aliphatic heterocycles. The number of hydrogen-bond acceptors (Lipinski definition) is 4. The van der Waals surface area contributed by atoms with E-state index in [-0.39, 0.29) is 11.2 Å². The van der Waals surface area contributed by atoms with Gasteiger partial charge in [0.25, 0.3) is 0 Å². The van der Waals surface area contributed by atoms with Gasteiger partial charge in [0, 0.05) is 31.9 Å². The second-order valence-electron chi connectivity index (χ2n) is 4.22. The molecule has 0 bridgehead atoms. The molecule has 5 heteroatoms. The number of hydrogen-bond donors (Lipinski definition) is 1. The maximum absolute atomic E-state index is 11.2. The monoisotopic (exact) mass is 235 g/mol. The van der Waals surface area contributed by atoms with Gasteiger partial charge in [-0.1, -0.05) is 0 Å². The zero-order chi connectivity index (χ0) is 12.3. The molecule has 0 saturated carbocycles. The molecule has 0 saturated heterocycles. The maximum atomic E-state index is 11.2. The van der Waals surface area contributed by atoms with Crippen molar-refractivity contribution in [1.29, 1.82) is 0 Å². The zero-order valence-corrected chi connectivity index (χ0v) is 9.96. The van der Waals surface area contributed by atoms with Gasteiger partial charge in [-0.2, -0.15) is 0 Å². The van der Waals surface area contributed by atoms with Crippen LogP contribution in [0.2, 0.25) is 0 Å². The van der Waals surface area contributed by atoms with E-state index >= 15 is 0 Å². The van der Waals surface area contributed by atoms with Crippen LogP contribution < -0.4 is 5.43 Å². The predicted octanol–water partition coefficient (Wildman–Crippen LogP) is 0.596. The lowest BCUT2D eigenvalue weighted by Gasteiger charge is -2.15. The second-order valence-corrected chi connectivity index (χ2v) is 4.22. The molecule has 0 radical (unpaired) electrons. The summed E-state index contributed by atoms with van der Waals surface area (Å²) in [6, 6.07) is 1.40. The van der Waals surface area contributed by atoms with Crippen molar-refractivity contribution in [3.05, 3.63) is 28.2 Å². The van der Waals surface area contributed by atoms with Crippen LogP contribution in [-0.2, 0) is 6.54 Å². The summed E-state index contributed by atoms with van der Waals surface area (Å²) in [6.45, 7) is 5.39. The first kappa shape index (κ1) is 11.7. The van der Waals surface area contributed by atoms with E-state index < -0.39 is 0 Å². The van der Waals surface area contributed by atoms with E-state index in [2.05, 4.69) is 9.89 Å². The minimum absolute atomic E-state index is 0.143. The van der Waals surface area contributed by atoms with Crippen LogP contribution in [0.15, 0.2) is 22.1 Å². The highest BCUT2D eigenvalue weighted by Crippen LogP contribution is 2.09. The van der Waals surface area contributed by atoms with Gasteiger partial charge >= 0.3 is 0 Å². The molecule has 1 N–H and O–H groups in total. The van der Waals surface area contributed by atoms with Crippen molar-refractivity contribution in [3.63, 3.8) is 0 Å². The van der Waals surface area contributed by atoms with Crippen molar-refractivity contribution >= 4 is 6.34 Å².